The van der Waals surface area contributed by atoms with E-state index in [4.69, 9.17) is 10.5 Å². The van der Waals surface area contributed by atoms with Crippen molar-refractivity contribution in [2.75, 3.05) is 19.9 Å². The zero-order valence-electron chi connectivity index (χ0n) is 30.1. The highest BCUT2D eigenvalue weighted by atomic mass is 32.2. The van der Waals surface area contributed by atoms with Gasteiger partial charge in [0, 0.05) is 28.3 Å². The molecular formula is C35H55N5O6S2. The van der Waals surface area contributed by atoms with Crippen LogP contribution in [-0.4, -0.2) is 56.2 Å². The molecule has 0 spiro atoms. The molecule has 2 fully saturated rings. The SMILES string of the molecule is C=CC1CC1C(=O)NS(C)(=O)=O.CC.CC(C)C.COc1ccc2c(=O)cc(-c3nc(C(C)C)cs3)[nH]c2c1C.NC(=O)C1CCCN1. The maximum absolute atomic E-state index is 12.4. The van der Waals surface area contributed by atoms with E-state index in [1.807, 2.05) is 36.9 Å². The molecule has 3 aromatic rings. The molecule has 0 radical (unpaired) electrons. The van der Waals surface area contributed by atoms with Gasteiger partial charge in [-0.3, -0.25) is 19.1 Å². The first kappa shape index (κ1) is 42.5. The number of H-pyrrole nitrogens is 1. The molecule has 2 aliphatic rings. The summed E-state index contributed by atoms with van der Waals surface area (Å²) in [6.07, 6.45) is 5.34. The quantitative estimate of drug-likeness (QED) is 0.220. The molecule has 1 aromatic carbocycles. The molecule has 13 heteroatoms. The monoisotopic (exact) mass is 705 g/mol. The molecule has 5 rings (SSSR count). The number of hydrogen-bond acceptors (Lipinski definition) is 9. The molecule has 11 nitrogen and oxygen atoms in total. The zero-order chi connectivity index (χ0) is 36.8. The number of amides is 2. The second-order valence-electron chi connectivity index (χ2n) is 12.4. The first-order valence-electron chi connectivity index (χ1n) is 16.3. The number of rotatable bonds is 7. The number of nitrogens with zero attached hydrogens (tertiary/aromatic N) is 1. The van der Waals surface area contributed by atoms with Crippen molar-refractivity contribution in [3.8, 4) is 16.5 Å². The van der Waals surface area contributed by atoms with E-state index in [0.717, 1.165) is 64.8 Å². The van der Waals surface area contributed by atoms with Crippen LogP contribution in [0.3, 0.4) is 0 Å². The predicted octanol–water partition coefficient (Wildman–Crippen LogP) is 5.89. The van der Waals surface area contributed by atoms with Crippen LogP contribution in [0, 0.1) is 24.7 Å². The van der Waals surface area contributed by atoms with Crippen molar-refractivity contribution in [1.82, 2.24) is 20.0 Å². The van der Waals surface area contributed by atoms with Gasteiger partial charge in [-0.15, -0.1) is 17.9 Å². The number of thiazole rings is 1. The fourth-order valence-corrected chi connectivity index (χ4v) is 5.88. The van der Waals surface area contributed by atoms with Crippen molar-refractivity contribution in [3.63, 3.8) is 0 Å². The number of carbonyl (C=O) groups is 2. The van der Waals surface area contributed by atoms with Crippen LogP contribution in [0.4, 0.5) is 0 Å². The van der Waals surface area contributed by atoms with Crippen molar-refractivity contribution >= 4 is 44.1 Å². The molecule has 5 N–H and O–H groups in total. The molecule has 3 heterocycles. The summed E-state index contributed by atoms with van der Waals surface area (Å²) in [7, 11) is -1.76. The van der Waals surface area contributed by atoms with Gasteiger partial charge in [-0.1, -0.05) is 54.5 Å². The third-order valence-electron chi connectivity index (χ3n) is 6.95. The molecule has 3 atom stereocenters. The molecule has 1 saturated carbocycles. The van der Waals surface area contributed by atoms with Crippen LogP contribution < -0.4 is 25.9 Å². The highest BCUT2D eigenvalue weighted by Crippen LogP contribution is 2.39. The van der Waals surface area contributed by atoms with Gasteiger partial charge in [0.25, 0.3) is 0 Å². The van der Waals surface area contributed by atoms with E-state index < -0.39 is 15.9 Å². The fourth-order valence-electron chi connectivity index (χ4n) is 4.41. The Morgan fingerprint density at radius 3 is 2.23 bits per heavy atom. The summed E-state index contributed by atoms with van der Waals surface area (Å²) in [6, 6.07) is 5.20. The molecule has 268 valence electrons. The van der Waals surface area contributed by atoms with Gasteiger partial charge in [0.15, 0.2) is 5.43 Å². The highest BCUT2D eigenvalue weighted by Gasteiger charge is 2.41. The third kappa shape index (κ3) is 13.9. The van der Waals surface area contributed by atoms with E-state index >= 15 is 0 Å². The van der Waals surface area contributed by atoms with E-state index in [1.165, 1.54) is 0 Å². The largest absolute Gasteiger partial charge is 0.496 e. The molecular weight excluding hydrogens is 651 g/mol. The second-order valence-corrected chi connectivity index (χ2v) is 15.0. The number of hydrogen-bond donors (Lipinski definition) is 4. The molecule has 1 aliphatic carbocycles. The molecule has 2 amide bonds. The molecule has 3 unspecified atom stereocenters. The van der Waals surface area contributed by atoms with E-state index in [-0.39, 0.29) is 29.2 Å². The number of carbonyl (C=O) groups excluding carboxylic acids is 2. The Labute approximate surface area is 290 Å². The molecule has 1 aliphatic heterocycles. The highest BCUT2D eigenvalue weighted by molar-refractivity contribution is 7.89. The van der Waals surface area contributed by atoms with Gasteiger partial charge in [0.2, 0.25) is 21.8 Å². The number of methoxy groups -OCH3 is 1. The van der Waals surface area contributed by atoms with Gasteiger partial charge >= 0.3 is 0 Å². The first-order valence-corrected chi connectivity index (χ1v) is 19.1. The van der Waals surface area contributed by atoms with Crippen LogP contribution >= 0.6 is 11.3 Å². The van der Waals surface area contributed by atoms with E-state index in [0.29, 0.717) is 17.7 Å². The average Bonchev–Trinajstić information content (AvgIpc) is 3.35. The lowest BCUT2D eigenvalue weighted by atomic mass is 10.1. The van der Waals surface area contributed by atoms with Crippen LogP contribution in [0.5, 0.6) is 5.75 Å². The predicted molar refractivity (Wildman–Crippen MR) is 198 cm³/mol. The number of fused-ring (bicyclic) bond motifs is 1. The third-order valence-corrected chi connectivity index (χ3v) is 8.41. The number of allylic oxidation sites excluding steroid dienone is 1. The molecule has 0 bridgehead atoms. The van der Waals surface area contributed by atoms with Crippen LogP contribution in [0.2, 0.25) is 0 Å². The fraction of sp³-hybridized carbons (Fsp3) is 0.543. The number of ether oxygens (including phenoxy) is 1. The second kappa shape index (κ2) is 20.1. The Kier molecular flexibility index (Phi) is 17.8. The van der Waals surface area contributed by atoms with Gasteiger partial charge in [-0.05, 0) is 62.6 Å². The maximum atomic E-state index is 12.4. The van der Waals surface area contributed by atoms with Crippen molar-refractivity contribution in [3.05, 3.63) is 57.7 Å². The Hall–Kier alpha value is -3.55. The molecule has 1 saturated heterocycles. The van der Waals surface area contributed by atoms with Gasteiger partial charge in [0.05, 0.1) is 36.3 Å². The van der Waals surface area contributed by atoms with Crippen LogP contribution in [0.15, 0.2) is 41.0 Å². The lowest BCUT2D eigenvalue weighted by Crippen LogP contribution is -2.36. The van der Waals surface area contributed by atoms with Crippen LogP contribution in [0.25, 0.3) is 21.6 Å². The average molecular weight is 706 g/mol. The molecule has 2 aromatic heterocycles. The Balaban J connectivity index is 0.000000371. The first-order chi connectivity index (χ1) is 22.5. The Bertz CT molecular complexity index is 1650. The summed E-state index contributed by atoms with van der Waals surface area (Å²) in [5.74, 6) is 1.31. The Morgan fingerprint density at radius 1 is 1.19 bits per heavy atom. The number of pyridine rings is 1. The van der Waals surface area contributed by atoms with Crippen LogP contribution in [-0.2, 0) is 19.6 Å². The number of nitrogens with one attached hydrogen (secondary N) is 3. The van der Waals surface area contributed by atoms with Crippen molar-refractivity contribution in [1.29, 1.82) is 0 Å². The summed E-state index contributed by atoms with van der Waals surface area (Å²) in [5.41, 5.74) is 8.53. The minimum atomic E-state index is -3.39. The van der Waals surface area contributed by atoms with Crippen molar-refractivity contribution in [2.24, 2.45) is 23.5 Å². The zero-order valence-corrected chi connectivity index (χ0v) is 31.7. The van der Waals surface area contributed by atoms with E-state index in [9.17, 15) is 22.8 Å². The summed E-state index contributed by atoms with van der Waals surface area (Å²) in [4.78, 5) is 41.8. The van der Waals surface area contributed by atoms with Gasteiger partial charge in [0.1, 0.15) is 10.8 Å². The van der Waals surface area contributed by atoms with E-state index in [1.54, 1.807) is 36.7 Å². The van der Waals surface area contributed by atoms with Crippen molar-refractivity contribution < 1.29 is 22.7 Å². The van der Waals surface area contributed by atoms with E-state index in [2.05, 4.69) is 56.5 Å². The summed E-state index contributed by atoms with van der Waals surface area (Å²) in [6.45, 7) is 21.1. The summed E-state index contributed by atoms with van der Waals surface area (Å²) < 4.78 is 28.5. The summed E-state index contributed by atoms with van der Waals surface area (Å²) >= 11 is 1.55. The minimum absolute atomic E-state index is 0.00389. The topological polar surface area (TPSA) is 173 Å². The van der Waals surface area contributed by atoms with Crippen LogP contribution in [0.1, 0.15) is 84.9 Å². The number of aromatic amines is 1. The van der Waals surface area contributed by atoms with Gasteiger partial charge in [-0.25, -0.2) is 13.4 Å². The normalized spacial score (nSPS) is 17.7. The number of nitrogens with two attached hydrogens (primary N) is 1. The lowest BCUT2D eigenvalue weighted by molar-refractivity contribution is -0.121. The number of aryl methyl sites for hydroxylation is 1. The standard InChI is InChI=1S/C17H18N2O2S.C7H11NO3S.C5H10N2O.C4H10.C2H6/c1-9(2)13-8-22-17(19-13)12-7-14(20)11-5-6-15(21-4)10(3)16(11)18-12;1-3-5-4-6(5)7(9)8-12(2,10)11;6-5(8)4-2-1-3-7-4;1-4(2)3;1-2/h5-9H,1-4H3,(H,18,20);3,5-6H,1,4H2,2H3,(H,8,9);4,7H,1-3H2,(H2,6,8);4H,1-3H3;1-2H3. The van der Waals surface area contributed by atoms with Crippen molar-refractivity contribution in [2.45, 2.75) is 86.6 Å². The van der Waals surface area contributed by atoms with Gasteiger partial charge < -0.3 is 20.8 Å². The number of benzene rings is 1. The number of aromatic nitrogens is 2. The minimum Gasteiger partial charge on any atom is -0.496 e. The Morgan fingerprint density at radius 2 is 1.81 bits per heavy atom. The number of primary amides is 1. The maximum Gasteiger partial charge on any atom is 0.237 e. The lowest BCUT2D eigenvalue weighted by Gasteiger charge is -2.09. The van der Waals surface area contributed by atoms with Gasteiger partial charge in [-0.2, -0.15) is 0 Å². The smallest absolute Gasteiger partial charge is 0.237 e. The number of sulfonamides is 1. The summed E-state index contributed by atoms with van der Waals surface area (Å²) in [5, 5.41) is 6.53. The molecule has 48 heavy (non-hydrogen) atoms.